The number of ether oxygens (including phenoxy) is 2. The van der Waals surface area contributed by atoms with Crippen molar-refractivity contribution >= 4 is 21.8 Å². The highest BCUT2D eigenvalue weighted by Crippen LogP contribution is 2.02. The highest BCUT2D eigenvalue weighted by molar-refractivity contribution is 9.10. The Bertz CT molecular complexity index is 159. The monoisotopic (exact) mass is 253 g/mol. The summed E-state index contributed by atoms with van der Waals surface area (Å²) in [7, 11) is 3.07. The second-order valence-electron chi connectivity index (χ2n) is 2.75. The van der Waals surface area contributed by atoms with Crippen LogP contribution in [0.3, 0.4) is 0 Å². The van der Waals surface area contributed by atoms with Crippen LogP contribution in [0.25, 0.3) is 0 Å². The summed E-state index contributed by atoms with van der Waals surface area (Å²) < 4.78 is 9.98. The van der Waals surface area contributed by atoms with E-state index in [2.05, 4.69) is 21.2 Å². The fraction of sp³-hybridized carbons (Fsp3) is 0.875. The normalized spacial score (nSPS) is 15.5. The molecule has 0 aliphatic rings. The van der Waals surface area contributed by atoms with Crippen LogP contribution in [0.2, 0.25) is 0 Å². The molecule has 78 valence electrons. The maximum absolute atomic E-state index is 11.2. The van der Waals surface area contributed by atoms with Gasteiger partial charge in [-0.2, -0.15) is 0 Å². The minimum atomic E-state index is -0.407. The van der Waals surface area contributed by atoms with Crippen molar-refractivity contribution in [2.75, 3.05) is 14.2 Å². The molecule has 0 heterocycles. The summed E-state index contributed by atoms with van der Waals surface area (Å²) in [6.45, 7) is 3.58. The summed E-state index contributed by atoms with van der Waals surface area (Å²) in [5, 5.41) is 2.75. The Labute approximate surface area is 87.1 Å². The minimum Gasteiger partial charge on any atom is -0.354 e. The average Bonchev–Trinajstić information content (AvgIpc) is 2.06. The van der Waals surface area contributed by atoms with Gasteiger partial charge in [0.05, 0.1) is 10.9 Å². The summed E-state index contributed by atoms with van der Waals surface area (Å²) in [6, 6.07) is -0.164. The maximum atomic E-state index is 11.2. The van der Waals surface area contributed by atoms with Crippen LogP contribution in [0, 0.1) is 0 Å². The van der Waals surface area contributed by atoms with E-state index >= 15 is 0 Å². The predicted molar refractivity (Wildman–Crippen MR) is 53.8 cm³/mol. The van der Waals surface area contributed by atoms with Gasteiger partial charge in [0, 0.05) is 14.2 Å². The number of rotatable bonds is 5. The molecule has 0 radical (unpaired) electrons. The zero-order valence-electron chi connectivity index (χ0n) is 8.33. The van der Waals surface area contributed by atoms with E-state index in [0.717, 1.165) is 0 Å². The first kappa shape index (κ1) is 12.9. The summed E-state index contributed by atoms with van der Waals surface area (Å²) in [4.78, 5) is 11.0. The first-order valence-corrected chi connectivity index (χ1v) is 4.94. The average molecular weight is 254 g/mol. The molecule has 0 spiro atoms. The molecule has 0 saturated heterocycles. The van der Waals surface area contributed by atoms with E-state index in [9.17, 15) is 4.79 Å². The summed E-state index contributed by atoms with van der Waals surface area (Å²) in [5.41, 5.74) is 0. The van der Waals surface area contributed by atoms with Gasteiger partial charge in [-0.25, -0.2) is 0 Å². The number of hydrogen-bond acceptors (Lipinski definition) is 3. The molecule has 0 aromatic carbocycles. The van der Waals surface area contributed by atoms with E-state index in [-0.39, 0.29) is 16.8 Å². The van der Waals surface area contributed by atoms with E-state index in [0.29, 0.717) is 0 Å². The fourth-order valence-electron chi connectivity index (χ4n) is 0.912. The predicted octanol–water partition coefficient (Wildman–Crippen LogP) is 0.893. The minimum absolute atomic E-state index is 0.0772. The van der Waals surface area contributed by atoms with Gasteiger partial charge in [-0.15, -0.1) is 0 Å². The smallest absolute Gasteiger partial charge is 0.233 e. The molecular weight excluding hydrogens is 238 g/mol. The molecular formula is C8H16BrNO3. The molecule has 0 aliphatic heterocycles. The first-order chi connectivity index (χ1) is 6.02. The first-order valence-electron chi connectivity index (χ1n) is 4.03. The number of methoxy groups -OCH3 is 2. The number of carbonyl (C=O) groups excluding carboxylic acids is 1. The van der Waals surface area contributed by atoms with Gasteiger partial charge >= 0.3 is 0 Å². The van der Waals surface area contributed by atoms with Crippen LogP contribution >= 0.6 is 15.9 Å². The number of alkyl halides is 1. The Morgan fingerprint density at radius 2 is 1.77 bits per heavy atom. The molecule has 0 rings (SSSR count). The third-order valence-corrected chi connectivity index (χ3v) is 2.02. The lowest BCUT2D eigenvalue weighted by molar-refractivity contribution is -0.135. The zero-order chi connectivity index (χ0) is 10.4. The molecule has 5 heteroatoms. The van der Waals surface area contributed by atoms with Crippen LogP contribution in [0.5, 0.6) is 0 Å². The molecule has 0 saturated carbocycles. The van der Waals surface area contributed by atoms with Crippen molar-refractivity contribution in [3.05, 3.63) is 0 Å². The Balaban J connectivity index is 3.97. The van der Waals surface area contributed by atoms with Crippen LogP contribution in [0.4, 0.5) is 0 Å². The van der Waals surface area contributed by atoms with Crippen molar-refractivity contribution in [2.45, 2.75) is 31.0 Å². The number of carbonyl (C=O) groups is 1. The number of halogens is 1. The lowest BCUT2D eigenvalue weighted by atomic mass is 10.3. The van der Waals surface area contributed by atoms with Gasteiger partial charge in [-0.1, -0.05) is 15.9 Å². The summed E-state index contributed by atoms with van der Waals surface area (Å²) in [6.07, 6.45) is -0.407. The molecule has 2 unspecified atom stereocenters. The van der Waals surface area contributed by atoms with Crippen LogP contribution in [-0.2, 0) is 14.3 Å². The fourth-order valence-corrected chi connectivity index (χ4v) is 1.04. The topological polar surface area (TPSA) is 47.6 Å². The Hall–Kier alpha value is -0.130. The van der Waals surface area contributed by atoms with Crippen molar-refractivity contribution in [3.8, 4) is 0 Å². The standard InChI is InChI=1S/C8H16BrNO3/c1-5(9)7(11)10-6(2)8(12-3)13-4/h5-6,8H,1-4H3,(H,10,11). The molecule has 2 atom stereocenters. The van der Waals surface area contributed by atoms with Crippen molar-refractivity contribution in [1.29, 1.82) is 0 Å². The SMILES string of the molecule is COC(OC)C(C)NC(=O)C(C)Br. The highest BCUT2D eigenvalue weighted by Gasteiger charge is 2.19. The largest absolute Gasteiger partial charge is 0.354 e. The molecule has 0 aromatic rings. The van der Waals surface area contributed by atoms with Gasteiger partial charge in [-0.3, -0.25) is 4.79 Å². The van der Waals surface area contributed by atoms with E-state index < -0.39 is 6.29 Å². The van der Waals surface area contributed by atoms with Gasteiger partial charge in [0.15, 0.2) is 6.29 Å². The second kappa shape index (κ2) is 6.34. The van der Waals surface area contributed by atoms with E-state index in [1.807, 2.05) is 6.92 Å². The molecule has 1 amide bonds. The molecule has 0 aliphatic carbocycles. The van der Waals surface area contributed by atoms with Gasteiger partial charge in [0.2, 0.25) is 5.91 Å². The Kier molecular flexibility index (Phi) is 6.28. The molecule has 0 aromatic heterocycles. The lowest BCUT2D eigenvalue weighted by Gasteiger charge is -2.22. The van der Waals surface area contributed by atoms with Crippen molar-refractivity contribution in [1.82, 2.24) is 5.32 Å². The third kappa shape index (κ3) is 4.59. The van der Waals surface area contributed by atoms with E-state index in [4.69, 9.17) is 9.47 Å². The molecule has 0 bridgehead atoms. The van der Waals surface area contributed by atoms with Crippen molar-refractivity contribution in [3.63, 3.8) is 0 Å². The van der Waals surface area contributed by atoms with Crippen molar-refractivity contribution in [2.24, 2.45) is 0 Å². The highest BCUT2D eigenvalue weighted by atomic mass is 79.9. The Morgan fingerprint density at radius 1 is 1.31 bits per heavy atom. The van der Waals surface area contributed by atoms with Gasteiger partial charge in [0.1, 0.15) is 0 Å². The van der Waals surface area contributed by atoms with Gasteiger partial charge < -0.3 is 14.8 Å². The van der Waals surface area contributed by atoms with Crippen LogP contribution in [0.15, 0.2) is 0 Å². The quantitative estimate of drug-likeness (QED) is 0.585. The second-order valence-corrected chi connectivity index (χ2v) is 4.13. The molecule has 0 fully saturated rings. The molecule has 4 nitrogen and oxygen atoms in total. The lowest BCUT2D eigenvalue weighted by Crippen LogP contribution is -2.45. The number of hydrogen-bond donors (Lipinski definition) is 1. The maximum Gasteiger partial charge on any atom is 0.233 e. The van der Waals surface area contributed by atoms with Crippen molar-refractivity contribution < 1.29 is 14.3 Å². The summed E-state index contributed by atoms with van der Waals surface area (Å²) >= 11 is 3.17. The Morgan fingerprint density at radius 3 is 2.08 bits per heavy atom. The number of nitrogens with one attached hydrogen (secondary N) is 1. The van der Waals surface area contributed by atoms with Crippen LogP contribution in [-0.4, -0.2) is 37.3 Å². The van der Waals surface area contributed by atoms with E-state index in [1.54, 1.807) is 6.92 Å². The van der Waals surface area contributed by atoms with Crippen LogP contribution < -0.4 is 5.32 Å². The zero-order valence-corrected chi connectivity index (χ0v) is 9.92. The molecule has 1 N–H and O–H groups in total. The van der Waals surface area contributed by atoms with E-state index in [1.165, 1.54) is 14.2 Å². The molecule has 13 heavy (non-hydrogen) atoms. The summed E-state index contributed by atoms with van der Waals surface area (Å²) in [5.74, 6) is -0.0772. The number of amides is 1. The third-order valence-electron chi connectivity index (χ3n) is 1.60. The van der Waals surface area contributed by atoms with Crippen LogP contribution in [0.1, 0.15) is 13.8 Å². The van der Waals surface area contributed by atoms with Gasteiger partial charge in [0.25, 0.3) is 0 Å². The van der Waals surface area contributed by atoms with Gasteiger partial charge in [-0.05, 0) is 13.8 Å².